The molecule has 0 amide bonds. The minimum Gasteiger partial charge on any atom is -0.455 e. The molecular formula is C28H40FNO6. The van der Waals surface area contributed by atoms with Crippen LogP contribution in [-0.2, 0) is 19.1 Å². The molecule has 0 aliphatic carbocycles. The van der Waals surface area contributed by atoms with Gasteiger partial charge in [0.2, 0.25) is 0 Å². The van der Waals surface area contributed by atoms with Crippen LogP contribution >= 0.6 is 0 Å². The number of Topliss-reactive ketones (excluding diaryl/α,β-unsaturated/α-hetero) is 1. The SMILES string of the molecule is CC[C@H]1C(=O)C(C)(C)[C@@H](O)CC(=O)O[C@H](/C(F)=C\c2ccccn2)C[C@@H]2O[C@]2(C)CCC[C@H](C)[C@@H]1O. The van der Waals surface area contributed by atoms with E-state index in [1.807, 2.05) is 20.8 Å². The summed E-state index contributed by atoms with van der Waals surface area (Å²) in [5, 5.41) is 21.8. The van der Waals surface area contributed by atoms with Crippen LogP contribution in [0.15, 0.2) is 30.2 Å². The average Bonchev–Trinajstić information content (AvgIpc) is 3.47. The number of pyridine rings is 1. The predicted molar refractivity (Wildman–Crippen MR) is 133 cm³/mol. The Morgan fingerprint density at radius 3 is 2.61 bits per heavy atom. The van der Waals surface area contributed by atoms with Crippen molar-refractivity contribution in [2.75, 3.05) is 0 Å². The van der Waals surface area contributed by atoms with Crippen LogP contribution in [0.5, 0.6) is 0 Å². The Morgan fingerprint density at radius 2 is 1.97 bits per heavy atom. The number of halogens is 1. The number of epoxide rings is 1. The molecule has 7 atom stereocenters. The molecule has 7 nitrogen and oxygen atoms in total. The summed E-state index contributed by atoms with van der Waals surface area (Å²) < 4.78 is 26.7. The molecule has 2 saturated heterocycles. The molecule has 8 heteroatoms. The molecule has 2 N–H and O–H groups in total. The molecular weight excluding hydrogens is 465 g/mol. The Bertz CT molecular complexity index is 951. The number of rotatable bonds is 3. The monoisotopic (exact) mass is 505 g/mol. The number of ketones is 1. The summed E-state index contributed by atoms with van der Waals surface area (Å²) >= 11 is 0. The molecule has 1 aromatic rings. The van der Waals surface area contributed by atoms with Gasteiger partial charge in [-0.05, 0) is 50.3 Å². The molecule has 0 spiro atoms. The summed E-state index contributed by atoms with van der Waals surface area (Å²) in [4.78, 5) is 30.3. The topological polar surface area (TPSA) is 109 Å². The first-order chi connectivity index (χ1) is 16.9. The van der Waals surface area contributed by atoms with Gasteiger partial charge in [-0.1, -0.05) is 40.2 Å². The van der Waals surface area contributed by atoms with E-state index < -0.39 is 53.5 Å². The lowest BCUT2D eigenvalue weighted by atomic mass is 9.71. The van der Waals surface area contributed by atoms with Gasteiger partial charge >= 0.3 is 5.97 Å². The molecule has 2 aliphatic rings. The van der Waals surface area contributed by atoms with Crippen molar-refractivity contribution < 1.29 is 33.7 Å². The number of hydrogen-bond donors (Lipinski definition) is 2. The lowest BCUT2D eigenvalue weighted by Crippen LogP contribution is -2.46. The van der Waals surface area contributed by atoms with Crippen LogP contribution in [0.4, 0.5) is 4.39 Å². The molecule has 0 saturated carbocycles. The van der Waals surface area contributed by atoms with E-state index in [-0.39, 0.29) is 24.2 Å². The van der Waals surface area contributed by atoms with Crippen LogP contribution in [0.1, 0.15) is 78.8 Å². The van der Waals surface area contributed by atoms with E-state index in [9.17, 15) is 19.8 Å². The third kappa shape index (κ3) is 6.58. The van der Waals surface area contributed by atoms with Crippen molar-refractivity contribution in [2.45, 2.75) is 103 Å². The molecule has 2 aliphatic heterocycles. The molecule has 0 radical (unpaired) electrons. The zero-order valence-corrected chi connectivity index (χ0v) is 21.9. The highest BCUT2D eigenvalue weighted by Crippen LogP contribution is 2.45. The first-order valence-corrected chi connectivity index (χ1v) is 12.9. The summed E-state index contributed by atoms with van der Waals surface area (Å²) in [7, 11) is 0. The number of aliphatic hydroxyl groups excluding tert-OH is 2. The number of fused-ring (bicyclic) bond motifs is 1. The van der Waals surface area contributed by atoms with Gasteiger partial charge in [0.1, 0.15) is 11.6 Å². The number of nitrogens with zero attached hydrogens (tertiary/aromatic N) is 1. The number of carbonyl (C=O) groups excluding carboxylic acids is 2. The van der Waals surface area contributed by atoms with Crippen LogP contribution in [0.3, 0.4) is 0 Å². The third-order valence-electron chi connectivity index (χ3n) is 7.95. The zero-order chi connectivity index (χ0) is 26.7. The summed E-state index contributed by atoms with van der Waals surface area (Å²) in [6.45, 7) is 8.84. The van der Waals surface area contributed by atoms with E-state index in [0.29, 0.717) is 25.0 Å². The first kappa shape index (κ1) is 28.4. The summed E-state index contributed by atoms with van der Waals surface area (Å²) in [6, 6.07) is 5.10. The quantitative estimate of drug-likeness (QED) is 0.463. The van der Waals surface area contributed by atoms with Crippen molar-refractivity contribution in [1.82, 2.24) is 4.98 Å². The lowest BCUT2D eigenvalue weighted by Gasteiger charge is -2.35. The Hall–Kier alpha value is -2.16. The highest BCUT2D eigenvalue weighted by atomic mass is 19.1. The van der Waals surface area contributed by atoms with E-state index in [2.05, 4.69) is 4.98 Å². The van der Waals surface area contributed by atoms with Crippen LogP contribution < -0.4 is 0 Å². The van der Waals surface area contributed by atoms with E-state index in [1.54, 1.807) is 38.2 Å². The van der Waals surface area contributed by atoms with Gasteiger partial charge in [-0.2, -0.15) is 0 Å². The maximum Gasteiger partial charge on any atom is 0.309 e. The summed E-state index contributed by atoms with van der Waals surface area (Å²) in [5.41, 5.74) is -1.38. The van der Waals surface area contributed by atoms with Gasteiger partial charge in [0, 0.05) is 18.5 Å². The van der Waals surface area contributed by atoms with Crippen molar-refractivity contribution in [3.63, 3.8) is 0 Å². The van der Waals surface area contributed by atoms with Crippen LogP contribution in [0.25, 0.3) is 6.08 Å². The number of ether oxygens (including phenoxy) is 2. The molecule has 36 heavy (non-hydrogen) atoms. The van der Waals surface area contributed by atoms with Crippen LogP contribution in [0, 0.1) is 17.3 Å². The van der Waals surface area contributed by atoms with Gasteiger partial charge < -0.3 is 19.7 Å². The van der Waals surface area contributed by atoms with Gasteiger partial charge in [-0.25, -0.2) is 4.39 Å². The molecule has 0 aromatic carbocycles. The number of cyclic esters (lactones) is 1. The maximum atomic E-state index is 15.3. The third-order valence-corrected chi connectivity index (χ3v) is 7.95. The van der Waals surface area contributed by atoms with Crippen molar-refractivity contribution in [2.24, 2.45) is 17.3 Å². The summed E-state index contributed by atoms with van der Waals surface area (Å²) in [5.74, 6) is -2.56. The molecule has 2 fully saturated rings. The molecule has 0 bridgehead atoms. The van der Waals surface area contributed by atoms with Crippen molar-refractivity contribution in [3.05, 3.63) is 35.9 Å². The van der Waals surface area contributed by atoms with Crippen LogP contribution in [0.2, 0.25) is 0 Å². The Morgan fingerprint density at radius 1 is 1.25 bits per heavy atom. The van der Waals surface area contributed by atoms with Gasteiger partial charge in [0.05, 0.1) is 41.4 Å². The van der Waals surface area contributed by atoms with E-state index >= 15 is 4.39 Å². The molecule has 0 unspecified atom stereocenters. The average molecular weight is 506 g/mol. The number of carbonyl (C=O) groups is 2. The molecule has 1 aromatic heterocycles. The molecule has 3 rings (SSSR count). The predicted octanol–water partition coefficient (Wildman–Crippen LogP) is 4.40. The normalized spacial score (nSPS) is 36.6. The Balaban J connectivity index is 1.87. The van der Waals surface area contributed by atoms with E-state index in [4.69, 9.17) is 9.47 Å². The van der Waals surface area contributed by atoms with Crippen molar-refractivity contribution in [1.29, 1.82) is 0 Å². The standard InChI is InChI=1S/C28H40FNO6/c1-6-19-25(33)17(2)10-9-12-28(5)23(36-28)15-21(20(29)14-18-11-7-8-13-30-18)35-24(32)16-22(31)27(3,4)26(19)34/h7-8,11,13-14,17,19,21-23,25,31,33H,6,9-10,12,15-16H2,1-5H3/b20-14+/t17-,19+,21-,22-,23-,25-,28+/m0/s1. The summed E-state index contributed by atoms with van der Waals surface area (Å²) in [6.07, 6.45) is 1.31. The highest BCUT2D eigenvalue weighted by molar-refractivity contribution is 5.88. The molecule has 3 heterocycles. The van der Waals surface area contributed by atoms with Gasteiger partial charge in [0.15, 0.2) is 6.10 Å². The molecule has 200 valence electrons. The van der Waals surface area contributed by atoms with Gasteiger partial charge in [0.25, 0.3) is 0 Å². The minimum absolute atomic E-state index is 0.128. The second-order valence-electron chi connectivity index (χ2n) is 11.1. The maximum absolute atomic E-state index is 15.3. The zero-order valence-electron chi connectivity index (χ0n) is 21.9. The number of aromatic nitrogens is 1. The van der Waals surface area contributed by atoms with Crippen molar-refractivity contribution in [3.8, 4) is 0 Å². The Labute approximate surface area is 213 Å². The number of aliphatic hydroxyl groups is 2. The fraction of sp³-hybridized carbons (Fsp3) is 0.679. The highest BCUT2D eigenvalue weighted by Gasteiger charge is 2.53. The largest absolute Gasteiger partial charge is 0.455 e. The number of esters is 1. The Kier molecular flexibility index (Phi) is 9.06. The lowest BCUT2D eigenvalue weighted by molar-refractivity contribution is -0.155. The second kappa shape index (κ2) is 11.5. The van der Waals surface area contributed by atoms with Gasteiger partial charge in [-0.3, -0.25) is 14.6 Å². The smallest absolute Gasteiger partial charge is 0.309 e. The first-order valence-electron chi connectivity index (χ1n) is 12.9. The fourth-order valence-electron chi connectivity index (χ4n) is 5.10. The van der Waals surface area contributed by atoms with Crippen molar-refractivity contribution >= 4 is 17.8 Å². The van der Waals surface area contributed by atoms with Gasteiger partial charge in [-0.15, -0.1) is 0 Å². The fourth-order valence-corrected chi connectivity index (χ4v) is 5.10. The van der Waals surface area contributed by atoms with E-state index in [0.717, 1.165) is 6.42 Å². The van der Waals surface area contributed by atoms with Crippen LogP contribution in [-0.4, -0.2) is 57.0 Å². The van der Waals surface area contributed by atoms with E-state index in [1.165, 1.54) is 6.08 Å². The minimum atomic E-state index is -1.35. The second-order valence-corrected chi connectivity index (χ2v) is 11.1. The number of hydrogen-bond acceptors (Lipinski definition) is 7.